The molecule has 3 rings (SSSR count). The number of hydrogen-bond donors (Lipinski definition) is 1. The smallest absolute Gasteiger partial charge is 0.273 e. The van der Waals surface area contributed by atoms with Gasteiger partial charge in [0.25, 0.3) is 5.91 Å². The molecule has 25 heavy (non-hydrogen) atoms. The predicted octanol–water partition coefficient (Wildman–Crippen LogP) is 1.46. The van der Waals surface area contributed by atoms with Crippen molar-refractivity contribution < 1.29 is 9.59 Å². The van der Waals surface area contributed by atoms with Crippen molar-refractivity contribution in [1.82, 2.24) is 25.2 Å². The fraction of sp³-hybridized carbons (Fsp3) is 0.444. The standard InChI is InChI=1S/C18H23N5O2/c1-13(2)19-18(25)16-12-23(21-20-16)11-15-8-17(24)22(10-15)9-14-6-4-3-5-7-14/h3-7,12-13,15H,8-11H2,1-2H3,(H,19,25). The SMILES string of the molecule is CC(C)NC(=O)c1cn(CC2CC(=O)N(Cc3ccccc3)C2)nn1. The lowest BCUT2D eigenvalue weighted by Gasteiger charge is -2.16. The van der Waals surface area contributed by atoms with Gasteiger partial charge in [0.1, 0.15) is 0 Å². The van der Waals surface area contributed by atoms with E-state index in [2.05, 4.69) is 15.6 Å². The van der Waals surface area contributed by atoms with Gasteiger partial charge in [-0.1, -0.05) is 35.5 Å². The summed E-state index contributed by atoms with van der Waals surface area (Å²) in [6, 6.07) is 10.0. The van der Waals surface area contributed by atoms with Gasteiger partial charge in [0.05, 0.1) is 6.20 Å². The topological polar surface area (TPSA) is 80.1 Å². The number of nitrogens with zero attached hydrogens (tertiary/aromatic N) is 4. The van der Waals surface area contributed by atoms with Crippen molar-refractivity contribution in [3.8, 4) is 0 Å². The van der Waals surface area contributed by atoms with Crippen LogP contribution in [-0.4, -0.2) is 44.3 Å². The molecule has 1 aromatic heterocycles. The third kappa shape index (κ3) is 4.43. The molecule has 1 atom stereocenters. The summed E-state index contributed by atoms with van der Waals surface area (Å²) in [6.07, 6.45) is 2.14. The van der Waals surface area contributed by atoms with E-state index in [1.54, 1.807) is 10.9 Å². The van der Waals surface area contributed by atoms with Crippen LogP contribution in [0.3, 0.4) is 0 Å². The largest absolute Gasteiger partial charge is 0.348 e. The molecule has 2 amide bonds. The molecule has 7 heteroatoms. The highest BCUT2D eigenvalue weighted by Gasteiger charge is 2.30. The summed E-state index contributed by atoms with van der Waals surface area (Å²) in [7, 11) is 0. The summed E-state index contributed by atoms with van der Waals surface area (Å²) in [5, 5.41) is 10.7. The van der Waals surface area contributed by atoms with Crippen LogP contribution in [-0.2, 0) is 17.9 Å². The van der Waals surface area contributed by atoms with Crippen LogP contribution < -0.4 is 5.32 Å². The van der Waals surface area contributed by atoms with E-state index in [4.69, 9.17) is 0 Å². The summed E-state index contributed by atoms with van der Waals surface area (Å²) in [4.78, 5) is 26.0. The minimum atomic E-state index is -0.227. The molecule has 1 N–H and O–H groups in total. The fourth-order valence-electron chi connectivity index (χ4n) is 3.03. The van der Waals surface area contributed by atoms with Gasteiger partial charge in [-0.3, -0.25) is 14.3 Å². The first-order chi connectivity index (χ1) is 12.0. The molecular formula is C18H23N5O2. The van der Waals surface area contributed by atoms with E-state index in [1.165, 1.54) is 0 Å². The number of amides is 2. The van der Waals surface area contributed by atoms with Gasteiger partial charge in [-0.05, 0) is 19.4 Å². The molecule has 2 aromatic rings. The van der Waals surface area contributed by atoms with Gasteiger partial charge in [-0.15, -0.1) is 5.10 Å². The minimum Gasteiger partial charge on any atom is -0.348 e. The zero-order valence-electron chi connectivity index (χ0n) is 14.6. The zero-order valence-corrected chi connectivity index (χ0v) is 14.6. The molecule has 0 saturated carbocycles. The Morgan fingerprint density at radius 1 is 1.32 bits per heavy atom. The van der Waals surface area contributed by atoms with Crippen LogP contribution in [0.5, 0.6) is 0 Å². The summed E-state index contributed by atoms with van der Waals surface area (Å²) in [5.74, 6) is 0.111. The van der Waals surface area contributed by atoms with Crippen LogP contribution in [0, 0.1) is 5.92 Å². The number of benzene rings is 1. The average Bonchev–Trinajstić information content (AvgIpc) is 3.15. The molecule has 132 valence electrons. The molecule has 1 saturated heterocycles. The number of nitrogens with one attached hydrogen (secondary N) is 1. The number of carbonyl (C=O) groups is 2. The fourth-order valence-corrected chi connectivity index (χ4v) is 3.03. The summed E-state index contributed by atoms with van der Waals surface area (Å²) >= 11 is 0. The Labute approximate surface area is 147 Å². The Hall–Kier alpha value is -2.70. The molecule has 0 aliphatic carbocycles. The van der Waals surface area contributed by atoms with Crippen LogP contribution in [0.15, 0.2) is 36.5 Å². The van der Waals surface area contributed by atoms with Crippen molar-refractivity contribution in [2.75, 3.05) is 6.54 Å². The number of hydrogen-bond acceptors (Lipinski definition) is 4. The van der Waals surface area contributed by atoms with E-state index >= 15 is 0 Å². The van der Waals surface area contributed by atoms with Crippen molar-refractivity contribution in [2.24, 2.45) is 5.92 Å². The molecule has 1 unspecified atom stereocenters. The first-order valence-corrected chi connectivity index (χ1v) is 8.54. The normalized spacial score (nSPS) is 17.3. The number of aromatic nitrogens is 3. The van der Waals surface area contributed by atoms with Crippen molar-refractivity contribution in [2.45, 2.75) is 39.4 Å². The van der Waals surface area contributed by atoms with Crippen LogP contribution in [0.4, 0.5) is 0 Å². The van der Waals surface area contributed by atoms with Crippen LogP contribution >= 0.6 is 0 Å². The molecule has 0 bridgehead atoms. The maximum atomic E-state index is 12.2. The van der Waals surface area contributed by atoms with E-state index in [-0.39, 0.29) is 23.8 Å². The highest BCUT2D eigenvalue weighted by atomic mass is 16.2. The first kappa shape index (κ1) is 17.1. The van der Waals surface area contributed by atoms with E-state index in [0.29, 0.717) is 31.7 Å². The molecule has 0 spiro atoms. The molecule has 1 aromatic carbocycles. The maximum absolute atomic E-state index is 12.2. The van der Waals surface area contributed by atoms with Gasteiger partial charge in [-0.25, -0.2) is 0 Å². The third-order valence-electron chi connectivity index (χ3n) is 4.15. The second-order valence-corrected chi connectivity index (χ2v) is 6.78. The molecule has 7 nitrogen and oxygen atoms in total. The highest BCUT2D eigenvalue weighted by molar-refractivity contribution is 5.92. The van der Waals surface area contributed by atoms with Crippen molar-refractivity contribution >= 4 is 11.8 Å². The quantitative estimate of drug-likeness (QED) is 0.863. The Bertz CT molecular complexity index is 741. The Morgan fingerprint density at radius 3 is 2.80 bits per heavy atom. The van der Waals surface area contributed by atoms with Crippen molar-refractivity contribution in [3.05, 3.63) is 47.8 Å². The Balaban J connectivity index is 1.56. The van der Waals surface area contributed by atoms with E-state index in [0.717, 1.165) is 5.56 Å². The molecule has 1 aliphatic rings. The molecule has 1 aliphatic heterocycles. The molecular weight excluding hydrogens is 318 g/mol. The van der Waals surface area contributed by atoms with Crippen molar-refractivity contribution in [3.63, 3.8) is 0 Å². The van der Waals surface area contributed by atoms with Gasteiger partial charge in [0.15, 0.2) is 5.69 Å². The second-order valence-electron chi connectivity index (χ2n) is 6.78. The summed E-state index contributed by atoms with van der Waals surface area (Å²) < 4.78 is 1.65. The van der Waals surface area contributed by atoms with Gasteiger partial charge in [0.2, 0.25) is 5.91 Å². The summed E-state index contributed by atoms with van der Waals surface area (Å²) in [6.45, 7) is 5.71. The number of likely N-dealkylation sites (tertiary alicyclic amines) is 1. The van der Waals surface area contributed by atoms with Gasteiger partial charge in [0, 0.05) is 38.0 Å². The average molecular weight is 341 g/mol. The monoisotopic (exact) mass is 341 g/mol. The van der Waals surface area contributed by atoms with Crippen molar-refractivity contribution in [1.29, 1.82) is 0 Å². The Morgan fingerprint density at radius 2 is 2.08 bits per heavy atom. The molecule has 1 fully saturated rings. The van der Waals surface area contributed by atoms with Crippen LogP contribution in [0.25, 0.3) is 0 Å². The van der Waals surface area contributed by atoms with E-state index in [1.807, 2.05) is 49.1 Å². The number of rotatable bonds is 6. The van der Waals surface area contributed by atoms with E-state index in [9.17, 15) is 9.59 Å². The van der Waals surface area contributed by atoms with Gasteiger partial charge in [-0.2, -0.15) is 0 Å². The van der Waals surface area contributed by atoms with Gasteiger partial charge < -0.3 is 10.2 Å². The first-order valence-electron chi connectivity index (χ1n) is 8.54. The lowest BCUT2D eigenvalue weighted by atomic mass is 10.1. The molecule has 0 radical (unpaired) electrons. The lowest BCUT2D eigenvalue weighted by Crippen LogP contribution is -2.30. The molecule has 2 heterocycles. The van der Waals surface area contributed by atoms with Crippen LogP contribution in [0.1, 0.15) is 36.3 Å². The Kier molecular flexibility index (Phi) is 5.11. The zero-order chi connectivity index (χ0) is 17.8. The van der Waals surface area contributed by atoms with E-state index < -0.39 is 0 Å². The second kappa shape index (κ2) is 7.46. The lowest BCUT2D eigenvalue weighted by molar-refractivity contribution is -0.128. The predicted molar refractivity (Wildman–Crippen MR) is 92.6 cm³/mol. The number of carbonyl (C=O) groups excluding carboxylic acids is 2. The van der Waals surface area contributed by atoms with Crippen LogP contribution in [0.2, 0.25) is 0 Å². The third-order valence-corrected chi connectivity index (χ3v) is 4.15. The maximum Gasteiger partial charge on any atom is 0.273 e. The highest BCUT2D eigenvalue weighted by Crippen LogP contribution is 2.21. The van der Waals surface area contributed by atoms with Gasteiger partial charge >= 0.3 is 0 Å². The summed E-state index contributed by atoms with van der Waals surface area (Å²) in [5.41, 5.74) is 1.43. The minimum absolute atomic E-state index is 0.0525.